The molecule has 13 heteroatoms. The highest BCUT2D eigenvalue weighted by Crippen LogP contribution is 2.33. The topological polar surface area (TPSA) is 116 Å². The SMILES string of the molecule is CCC(OCCS(C)(=O)=O)c1nc(-c2cc3c(Nc4ccc(OCc5cccc(F)c5)c(Cl)c4)ncnc3cn2)cs1. The maximum Gasteiger partial charge on any atom is 0.149 e. The van der Waals surface area contributed by atoms with E-state index in [1.165, 1.54) is 36.1 Å². The number of hydrogen-bond donors (Lipinski definition) is 1. The van der Waals surface area contributed by atoms with Gasteiger partial charge in [-0.3, -0.25) is 4.98 Å². The molecule has 1 N–H and O–H groups in total. The summed E-state index contributed by atoms with van der Waals surface area (Å²) in [5, 5.41) is 7.05. The lowest BCUT2D eigenvalue weighted by molar-refractivity contribution is 0.0610. The Hall–Kier alpha value is -3.71. The monoisotopic (exact) mass is 627 g/mol. The van der Waals surface area contributed by atoms with E-state index >= 15 is 0 Å². The number of fused-ring (bicyclic) bond motifs is 1. The average molecular weight is 628 g/mol. The normalized spacial score (nSPS) is 12.4. The van der Waals surface area contributed by atoms with Crippen LogP contribution < -0.4 is 10.1 Å². The van der Waals surface area contributed by atoms with Crippen LogP contribution in [0.3, 0.4) is 0 Å². The number of halogens is 2. The van der Waals surface area contributed by atoms with E-state index in [1.54, 1.807) is 30.5 Å². The Bertz CT molecular complexity index is 1820. The first-order valence-electron chi connectivity index (χ1n) is 13.0. The number of nitrogens with zero attached hydrogens (tertiary/aromatic N) is 4. The number of benzene rings is 2. The molecule has 0 bridgehead atoms. The summed E-state index contributed by atoms with van der Waals surface area (Å²) >= 11 is 7.92. The van der Waals surface area contributed by atoms with Gasteiger partial charge in [-0.1, -0.05) is 30.7 Å². The van der Waals surface area contributed by atoms with Crippen molar-refractivity contribution in [3.63, 3.8) is 0 Å². The lowest BCUT2D eigenvalue weighted by atomic mass is 10.2. The maximum absolute atomic E-state index is 13.5. The number of aromatic nitrogens is 4. The number of ether oxygens (including phenoxy) is 2. The molecule has 0 amide bonds. The predicted molar refractivity (Wildman–Crippen MR) is 163 cm³/mol. The van der Waals surface area contributed by atoms with Crippen LogP contribution in [0.5, 0.6) is 5.75 Å². The van der Waals surface area contributed by atoms with Crippen molar-refractivity contribution in [2.45, 2.75) is 26.1 Å². The summed E-state index contributed by atoms with van der Waals surface area (Å²) in [6, 6.07) is 13.3. The van der Waals surface area contributed by atoms with Crippen LogP contribution in [-0.4, -0.2) is 47.0 Å². The Morgan fingerprint density at radius 1 is 1.10 bits per heavy atom. The van der Waals surface area contributed by atoms with Gasteiger partial charge >= 0.3 is 0 Å². The van der Waals surface area contributed by atoms with Crippen LogP contribution in [0.15, 0.2) is 66.4 Å². The molecule has 0 aliphatic carbocycles. The summed E-state index contributed by atoms with van der Waals surface area (Å²) in [7, 11) is -3.11. The van der Waals surface area contributed by atoms with Gasteiger partial charge in [0.1, 0.15) is 51.3 Å². The zero-order valence-electron chi connectivity index (χ0n) is 22.8. The second-order valence-corrected chi connectivity index (χ2v) is 13.0. The number of sulfone groups is 1. The molecule has 5 aromatic rings. The van der Waals surface area contributed by atoms with E-state index in [0.717, 1.165) is 10.4 Å². The predicted octanol–water partition coefficient (Wildman–Crippen LogP) is 6.78. The van der Waals surface area contributed by atoms with Gasteiger partial charge in [0.2, 0.25) is 0 Å². The van der Waals surface area contributed by atoms with Crippen molar-refractivity contribution in [2.24, 2.45) is 0 Å². The fraction of sp³-hybridized carbons (Fsp3) is 0.241. The van der Waals surface area contributed by atoms with E-state index in [4.69, 9.17) is 26.1 Å². The van der Waals surface area contributed by atoms with Gasteiger partial charge in [-0.15, -0.1) is 11.3 Å². The molecule has 0 saturated carbocycles. The van der Waals surface area contributed by atoms with Crippen molar-refractivity contribution in [3.05, 3.63) is 87.8 Å². The summed E-state index contributed by atoms with van der Waals surface area (Å²) in [6.07, 6.45) is 4.64. The second kappa shape index (κ2) is 13.1. The van der Waals surface area contributed by atoms with Crippen molar-refractivity contribution < 1.29 is 22.3 Å². The summed E-state index contributed by atoms with van der Waals surface area (Å²) in [5.41, 5.74) is 3.32. The maximum atomic E-state index is 13.5. The quantitative estimate of drug-likeness (QED) is 0.160. The standard InChI is InChI=1S/C29H27ClFN5O4S2/c1-3-26(39-9-10-42(2,37)38)29-36-25(16-41-29)23-13-21-24(14-32-23)33-17-34-28(21)35-20-7-8-27(22(30)12-20)40-15-18-5-4-6-19(31)11-18/h4-8,11-14,16-17,26H,3,9-10,15H2,1-2H3,(H,33,34,35). The minimum Gasteiger partial charge on any atom is -0.487 e. The van der Waals surface area contributed by atoms with Crippen LogP contribution in [0.1, 0.15) is 30.0 Å². The van der Waals surface area contributed by atoms with Gasteiger partial charge in [0.05, 0.1) is 40.5 Å². The van der Waals surface area contributed by atoms with Crippen LogP contribution >= 0.6 is 22.9 Å². The Kier molecular flexibility index (Phi) is 9.27. The van der Waals surface area contributed by atoms with Gasteiger partial charge in [-0.2, -0.15) is 0 Å². The van der Waals surface area contributed by atoms with Crippen LogP contribution in [0.4, 0.5) is 15.9 Å². The molecule has 2 aromatic carbocycles. The van der Waals surface area contributed by atoms with E-state index in [9.17, 15) is 12.8 Å². The number of anilines is 2. The third-order valence-electron chi connectivity index (χ3n) is 6.20. The van der Waals surface area contributed by atoms with E-state index in [-0.39, 0.29) is 30.9 Å². The molecule has 0 spiro atoms. The number of pyridine rings is 1. The van der Waals surface area contributed by atoms with E-state index < -0.39 is 9.84 Å². The Morgan fingerprint density at radius 3 is 2.71 bits per heavy atom. The molecule has 0 radical (unpaired) electrons. The van der Waals surface area contributed by atoms with Gasteiger partial charge in [0.15, 0.2) is 0 Å². The van der Waals surface area contributed by atoms with Crippen molar-refractivity contribution in [3.8, 4) is 17.1 Å². The second-order valence-electron chi connectivity index (χ2n) is 9.47. The summed E-state index contributed by atoms with van der Waals surface area (Å²) < 4.78 is 47.9. The van der Waals surface area contributed by atoms with Crippen molar-refractivity contribution in [2.75, 3.05) is 23.9 Å². The van der Waals surface area contributed by atoms with Crippen LogP contribution in [0.2, 0.25) is 5.02 Å². The lowest BCUT2D eigenvalue weighted by Crippen LogP contribution is -2.13. The summed E-state index contributed by atoms with van der Waals surface area (Å²) in [5.74, 6) is 0.655. The van der Waals surface area contributed by atoms with Gasteiger partial charge in [0, 0.05) is 22.7 Å². The number of thiazole rings is 1. The Morgan fingerprint density at radius 2 is 1.95 bits per heavy atom. The molecule has 0 aliphatic rings. The van der Waals surface area contributed by atoms with Gasteiger partial charge in [0.25, 0.3) is 0 Å². The highest BCUT2D eigenvalue weighted by molar-refractivity contribution is 7.90. The van der Waals surface area contributed by atoms with E-state index in [2.05, 4.69) is 20.3 Å². The first-order valence-corrected chi connectivity index (χ1v) is 16.3. The van der Waals surface area contributed by atoms with Crippen LogP contribution in [0, 0.1) is 5.82 Å². The summed E-state index contributed by atoms with van der Waals surface area (Å²) in [4.78, 5) is 18.0. The molecule has 42 heavy (non-hydrogen) atoms. The summed E-state index contributed by atoms with van der Waals surface area (Å²) in [6.45, 7) is 2.25. The fourth-order valence-electron chi connectivity index (χ4n) is 4.08. The first-order chi connectivity index (χ1) is 20.2. The third-order valence-corrected chi connectivity index (χ3v) is 8.34. The highest BCUT2D eigenvalue weighted by Gasteiger charge is 2.18. The molecule has 9 nitrogen and oxygen atoms in total. The molecule has 1 unspecified atom stereocenters. The molecule has 3 heterocycles. The zero-order chi connectivity index (χ0) is 29.7. The molecule has 5 rings (SSSR count). The van der Waals surface area contributed by atoms with Crippen LogP contribution in [0.25, 0.3) is 22.3 Å². The van der Waals surface area contributed by atoms with Crippen molar-refractivity contribution in [1.29, 1.82) is 0 Å². The molecule has 0 fully saturated rings. The van der Waals surface area contributed by atoms with Gasteiger partial charge < -0.3 is 14.8 Å². The van der Waals surface area contributed by atoms with Gasteiger partial charge in [-0.25, -0.2) is 27.8 Å². The number of rotatable bonds is 12. The lowest BCUT2D eigenvalue weighted by Gasteiger charge is -2.13. The fourth-order valence-corrected chi connectivity index (χ4v) is 5.66. The van der Waals surface area contributed by atoms with Crippen molar-refractivity contribution >= 4 is 55.2 Å². The van der Waals surface area contributed by atoms with Gasteiger partial charge in [-0.05, 0) is 48.4 Å². The minimum absolute atomic E-state index is 0.0420. The Labute approximate surface area is 251 Å². The van der Waals surface area contributed by atoms with Crippen LogP contribution in [-0.2, 0) is 21.2 Å². The minimum atomic E-state index is -3.11. The number of hydrogen-bond acceptors (Lipinski definition) is 10. The smallest absolute Gasteiger partial charge is 0.149 e. The molecular formula is C29H27ClFN5O4S2. The largest absolute Gasteiger partial charge is 0.487 e. The van der Waals surface area contributed by atoms with Crippen molar-refractivity contribution in [1.82, 2.24) is 19.9 Å². The van der Waals surface area contributed by atoms with E-state index in [1.807, 2.05) is 24.4 Å². The first kappa shape index (κ1) is 29.8. The molecule has 1 atom stereocenters. The molecule has 0 saturated heterocycles. The van der Waals surface area contributed by atoms with E-state index in [0.29, 0.717) is 51.2 Å². The highest BCUT2D eigenvalue weighted by atomic mass is 35.5. The number of nitrogens with one attached hydrogen (secondary N) is 1. The zero-order valence-corrected chi connectivity index (χ0v) is 25.1. The molecular weight excluding hydrogens is 601 g/mol. The molecule has 3 aromatic heterocycles. The molecule has 218 valence electrons. The third kappa shape index (κ3) is 7.57. The average Bonchev–Trinajstić information content (AvgIpc) is 3.45. The molecule has 0 aliphatic heterocycles. The Balaban J connectivity index is 1.32.